The van der Waals surface area contributed by atoms with Gasteiger partial charge in [0.15, 0.2) is 0 Å². The van der Waals surface area contributed by atoms with Crippen molar-refractivity contribution in [1.82, 2.24) is 0 Å². The van der Waals surface area contributed by atoms with Gasteiger partial charge < -0.3 is 14.2 Å². The van der Waals surface area contributed by atoms with Crippen molar-refractivity contribution in [3.05, 3.63) is 0 Å². The van der Waals surface area contributed by atoms with Crippen LogP contribution in [0.1, 0.15) is 13.8 Å². The number of halogens is 2. The first-order valence-corrected chi connectivity index (χ1v) is 5.09. The average molecular weight is 231 g/mol. The van der Waals surface area contributed by atoms with Crippen LogP contribution in [0.5, 0.6) is 0 Å². The molecule has 0 fully saturated rings. The van der Waals surface area contributed by atoms with Crippen LogP contribution in [-0.4, -0.2) is 37.6 Å². The first kappa shape index (κ1) is 13.5. The highest BCUT2D eigenvalue weighted by atomic mass is 35.5. The number of hydrogen-bond acceptors (Lipinski definition) is 3. The maximum Gasteiger partial charge on any atom is 0.128 e. The van der Waals surface area contributed by atoms with Gasteiger partial charge in [0.1, 0.15) is 11.1 Å². The Labute approximate surface area is 89.2 Å². The molecule has 0 spiro atoms. The van der Waals surface area contributed by atoms with Gasteiger partial charge in [0.25, 0.3) is 0 Å². The Morgan fingerprint density at radius 2 is 1.23 bits per heavy atom. The summed E-state index contributed by atoms with van der Waals surface area (Å²) in [5.41, 5.74) is -0.523. The van der Waals surface area contributed by atoms with Crippen LogP contribution in [0.4, 0.5) is 0 Å². The van der Waals surface area contributed by atoms with Crippen molar-refractivity contribution in [2.75, 3.05) is 26.4 Å². The Kier molecular flexibility index (Phi) is 9.35. The molecule has 2 unspecified atom stereocenters. The van der Waals surface area contributed by atoms with Gasteiger partial charge in [0, 0.05) is 0 Å². The minimum Gasteiger partial charge on any atom is -0.377 e. The summed E-state index contributed by atoms with van der Waals surface area (Å²) in [7, 11) is 0. The van der Waals surface area contributed by atoms with Crippen LogP contribution in [0.2, 0.25) is 0 Å². The molecule has 0 aliphatic heterocycles. The Balaban J connectivity index is 2.92. The highest BCUT2D eigenvalue weighted by molar-refractivity contribution is 6.19. The summed E-state index contributed by atoms with van der Waals surface area (Å²) in [6.07, 6.45) is 0. The van der Waals surface area contributed by atoms with Crippen molar-refractivity contribution in [2.45, 2.75) is 25.0 Å². The van der Waals surface area contributed by atoms with E-state index in [9.17, 15) is 0 Å². The number of rotatable bonds is 8. The van der Waals surface area contributed by atoms with Crippen LogP contribution in [0.25, 0.3) is 0 Å². The lowest BCUT2D eigenvalue weighted by atomic mass is 10.7. The summed E-state index contributed by atoms with van der Waals surface area (Å²) < 4.78 is 15.3. The smallest absolute Gasteiger partial charge is 0.128 e. The van der Waals surface area contributed by atoms with E-state index in [1.807, 2.05) is 0 Å². The van der Waals surface area contributed by atoms with Crippen LogP contribution in [0.3, 0.4) is 0 Å². The zero-order valence-corrected chi connectivity index (χ0v) is 9.48. The lowest BCUT2D eigenvalue weighted by molar-refractivity contribution is 0.00685. The zero-order valence-electron chi connectivity index (χ0n) is 7.96. The van der Waals surface area contributed by atoms with Crippen molar-refractivity contribution in [1.29, 1.82) is 0 Å². The number of alkyl halides is 2. The minimum absolute atomic E-state index is 0.261. The van der Waals surface area contributed by atoms with Crippen LogP contribution in [-0.2, 0) is 14.2 Å². The van der Waals surface area contributed by atoms with Gasteiger partial charge in [-0.2, -0.15) is 0 Å². The summed E-state index contributed by atoms with van der Waals surface area (Å²) in [6.45, 7) is 5.58. The van der Waals surface area contributed by atoms with E-state index < -0.39 is 0 Å². The fourth-order valence-corrected chi connectivity index (χ4v) is 0.819. The molecule has 0 radical (unpaired) electrons. The van der Waals surface area contributed by atoms with Gasteiger partial charge in [0.05, 0.1) is 26.4 Å². The summed E-state index contributed by atoms with van der Waals surface area (Å²) >= 11 is 11.1. The van der Waals surface area contributed by atoms with E-state index in [0.717, 1.165) is 0 Å². The van der Waals surface area contributed by atoms with Gasteiger partial charge in [-0.25, -0.2) is 0 Å². The number of hydrogen-bond donors (Lipinski definition) is 0. The SMILES string of the molecule is CC(Cl)OCCOCCOC(C)Cl. The molecule has 0 aromatic heterocycles. The van der Waals surface area contributed by atoms with Gasteiger partial charge >= 0.3 is 0 Å². The molecule has 0 aromatic carbocycles. The summed E-state index contributed by atoms with van der Waals surface area (Å²) in [5, 5.41) is 0. The molecule has 0 heterocycles. The third-order valence-corrected chi connectivity index (χ3v) is 1.40. The van der Waals surface area contributed by atoms with Crippen LogP contribution in [0.15, 0.2) is 0 Å². The van der Waals surface area contributed by atoms with Crippen molar-refractivity contribution < 1.29 is 14.2 Å². The lowest BCUT2D eigenvalue weighted by Crippen LogP contribution is -2.12. The molecule has 0 aromatic rings. The maximum absolute atomic E-state index is 5.54. The van der Waals surface area contributed by atoms with E-state index in [-0.39, 0.29) is 11.1 Å². The van der Waals surface area contributed by atoms with Crippen LogP contribution < -0.4 is 0 Å². The Hall–Kier alpha value is 0.460. The fraction of sp³-hybridized carbons (Fsp3) is 1.00. The molecule has 0 aliphatic rings. The van der Waals surface area contributed by atoms with E-state index in [0.29, 0.717) is 26.4 Å². The van der Waals surface area contributed by atoms with Gasteiger partial charge in [-0.3, -0.25) is 0 Å². The standard InChI is InChI=1S/C8H16Cl2O3/c1-7(9)12-5-3-11-4-6-13-8(2)10/h7-8H,3-6H2,1-2H3. The molecule has 3 nitrogen and oxygen atoms in total. The highest BCUT2D eigenvalue weighted by Gasteiger charge is 1.96. The second-order valence-corrected chi connectivity index (χ2v) is 3.67. The van der Waals surface area contributed by atoms with Crippen molar-refractivity contribution >= 4 is 23.2 Å². The first-order chi connectivity index (χ1) is 6.13. The molecule has 2 atom stereocenters. The molecule has 0 aliphatic carbocycles. The Morgan fingerprint density at radius 1 is 0.846 bits per heavy atom. The van der Waals surface area contributed by atoms with Crippen LogP contribution >= 0.6 is 23.2 Å². The first-order valence-electron chi connectivity index (χ1n) is 4.22. The quantitative estimate of drug-likeness (QED) is 0.473. The van der Waals surface area contributed by atoms with Crippen molar-refractivity contribution in [3.8, 4) is 0 Å². The third kappa shape index (κ3) is 12.5. The zero-order chi connectivity index (χ0) is 10.1. The predicted octanol–water partition coefficient (Wildman–Crippen LogP) is 2.21. The molecule has 0 amide bonds. The van der Waals surface area contributed by atoms with Crippen LogP contribution in [0, 0.1) is 0 Å². The molecule has 0 saturated heterocycles. The molecule has 80 valence electrons. The molecular formula is C8H16Cl2O3. The van der Waals surface area contributed by atoms with Crippen molar-refractivity contribution in [3.63, 3.8) is 0 Å². The fourth-order valence-electron chi connectivity index (χ4n) is 0.641. The number of ether oxygens (including phenoxy) is 3. The largest absolute Gasteiger partial charge is 0.377 e. The van der Waals surface area contributed by atoms with E-state index in [4.69, 9.17) is 37.4 Å². The Bertz CT molecular complexity index is 97.6. The van der Waals surface area contributed by atoms with E-state index in [1.165, 1.54) is 0 Å². The summed E-state index contributed by atoms with van der Waals surface area (Å²) in [6, 6.07) is 0. The molecule has 0 bridgehead atoms. The molecule has 5 heteroatoms. The molecule has 0 N–H and O–H groups in total. The predicted molar refractivity (Wildman–Crippen MR) is 53.4 cm³/mol. The molecule has 0 rings (SSSR count). The summed E-state index contributed by atoms with van der Waals surface area (Å²) in [5.74, 6) is 0. The maximum atomic E-state index is 5.54. The van der Waals surface area contributed by atoms with E-state index in [2.05, 4.69) is 0 Å². The average Bonchev–Trinajstić information content (AvgIpc) is 2.01. The summed E-state index contributed by atoms with van der Waals surface area (Å²) in [4.78, 5) is 0. The minimum atomic E-state index is -0.261. The van der Waals surface area contributed by atoms with Gasteiger partial charge in [-0.15, -0.1) is 0 Å². The topological polar surface area (TPSA) is 27.7 Å². The molecular weight excluding hydrogens is 215 g/mol. The molecule has 13 heavy (non-hydrogen) atoms. The monoisotopic (exact) mass is 230 g/mol. The van der Waals surface area contributed by atoms with Gasteiger partial charge in [-0.05, 0) is 13.8 Å². The highest BCUT2D eigenvalue weighted by Crippen LogP contribution is 1.96. The lowest BCUT2D eigenvalue weighted by Gasteiger charge is -2.08. The second-order valence-electron chi connectivity index (χ2n) is 2.44. The van der Waals surface area contributed by atoms with E-state index in [1.54, 1.807) is 13.8 Å². The second kappa shape index (κ2) is 9.03. The Morgan fingerprint density at radius 3 is 1.54 bits per heavy atom. The third-order valence-electron chi connectivity index (χ3n) is 1.15. The molecule has 0 saturated carbocycles. The normalized spacial score (nSPS) is 15.7. The van der Waals surface area contributed by atoms with Crippen molar-refractivity contribution in [2.24, 2.45) is 0 Å². The van der Waals surface area contributed by atoms with Gasteiger partial charge in [0.2, 0.25) is 0 Å². The van der Waals surface area contributed by atoms with Gasteiger partial charge in [-0.1, -0.05) is 23.2 Å². The van der Waals surface area contributed by atoms with E-state index >= 15 is 0 Å².